The molecule has 0 unspecified atom stereocenters. The Bertz CT molecular complexity index is 955. The summed E-state index contributed by atoms with van der Waals surface area (Å²) in [6.07, 6.45) is 3.73. The smallest absolute Gasteiger partial charge is 0.344 e. The van der Waals surface area contributed by atoms with Gasteiger partial charge in [-0.25, -0.2) is 9.79 Å². The molecule has 2 heterocycles. The molecule has 1 aliphatic rings. The lowest BCUT2D eigenvalue weighted by Gasteiger charge is -2.05. The fourth-order valence-corrected chi connectivity index (χ4v) is 3.67. The van der Waals surface area contributed by atoms with E-state index >= 15 is 0 Å². The summed E-state index contributed by atoms with van der Waals surface area (Å²) in [5.74, 6) is 0.0422. The Labute approximate surface area is 168 Å². The highest BCUT2D eigenvalue weighted by atomic mass is 32.2. The van der Waals surface area contributed by atoms with Crippen LogP contribution in [0.5, 0.6) is 5.75 Å². The maximum Gasteiger partial charge on any atom is 0.344 e. The largest absolute Gasteiger partial charge is 0.506 e. The standard InChI is InChI=1S/C21H22N2O4S/c1-4-26-16-10-8-14(9-11-16)22-20-18(21(25)27-5-2)19(24)17(28-20)13-15-7-6-12-23(15)3/h6-13,24H,4-5H2,1-3H3/b17-13+,22-20?. The molecule has 28 heavy (non-hydrogen) atoms. The van der Waals surface area contributed by atoms with E-state index < -0.39 is 5.97 Å². The second-order valence-corrected chi connectivity index (χ2v) is 6.97. The minimum Gasteiger partial charge on any atom is -0.506 e. The highest BCUT2D eigenvalue weighted by molar-refractivity contribution is 8.18. The van der Waals surface area contributed by atoms with Crippen molar-refractivity contribution in [2.45, 2.75) is 13.8 Å². The summed E-state index contributed by atoms with van der Waals surface area (Å²) >= 11 is 1.24. The molecule has 0 aliphatic carbocycles. The third-order valence-electron chi connectivity index (χ3n) is 4.01. The van der Waals surface area contributed by atoms with E-state index in [4.69, 9.17) is 9.47 Å². The van der Waals surface area contributed by atoms with Gasteiger partial charge in [-0.15, -0.1) is 0 Å². The normalized spacial score (nSPS) is 16.8. The van der Waals surface area contributed by atoms with Crippen molar-refractivity contribution in [1.29, 1.82) is 0 Å². The Morgan fingerprint density at radius 3 is 2.57 bits per heavy atom. The highest BCUT2D eigenvalue weighted by Gasteiger charge is 2.33. The molecular weight excluding hydrogens is 376 g/mol. The molecule has 7 heteroatoms. The van der Waals surface area contributed by atoms with Gasteiger partial charge >= 0.3 is 5.97 Å². The first-order valence-corrected chi connectivity index (χ1v) is 9.78. The van der Waals surface area contributed by atoms with Crippen molar-refractivity contribution in [3.63, 3.8) is 0 Å². The summed E-state index contributed by atoms with van der Waals surface area (Å²) in [6.45, 7) is 4.44. The molecule has 146 valence electrons. The topological polar surface area (TPSA) is 73.0 Å². The fourth-order valence-electron chi connectivity index (χ4n) is 2.65. The SMILES string of the molecule is CCOC(=O)C1=C(O)/C(=C\c2cccn2C)SC1=Nc1ccc(OCC)cc1. The summed E-state index contributed by atoms with van der Waals surface area (Å²) in [6, 6.07) is 11.1. The quantitative estimate of drug-likeness (QED) is 0.719. The maximum atomic E-state index is 12.4. The number of benzene rings is 1. The summed E-state index contributed by atoms with van der Waals surface area (Å²) in [7, 11) is 1.91. The first kappa shape index (κ1) is 19.8. The molecule has 1 aromatic heterocycles. The number of carbonyl (C=O) groups is 1. The van der Waals surface area contributed by atoms with Gasteiger partial charge in [0.25, 0.3) is 0 Å². The van der Waals surface area contributed by atoms with Gasteiger partial charge in [-0.3, -0.25) is 0 Å². The first-order valence-electron chi connectivity index (χ1n) is 8.97. The lowest BCUT2D eigenvalue weighted by atomic mass is 10.2. The Balaban J connectivity index is 1.98. The molecule has 1 N–H and O–H groups in total. The van der Waals surface area contributed by atoms with Crippen molar-refractivity contribution in [2.75, 3.05) is 13.2 Å². The molecule has 0 spiro atoms. The molecule has 1 aromatic carbocycles. The molecule has 0 fully saturated rings. The van der Waals surface area contributed by atoms with E-state index in [9.17, 15) is 9.90 Å². The minimum absolute atomic E-state index is 0.0844. The molecule has 0 saturated carbocycles. The Morgan fingerprint density at radius 2 is 1.96 bits per heavy atom. The molecular formula is C21H22N2O4S. The van der Waals surface area contributed by atoms with E-state index in [2.05, 4.69) is 4.99 Å². The zero-order valence-corrected chi connectivity index (χ0v) is 16.8. The summed E-state index contributed by atoms with van der Waals surface area (Å²) in [5.41, 5.74) is 1.64. The van der Waals surface area contributed by atoms with Crippen LogP contribution in [-0.4, -0.2) is 33.9 Å². The van der Waals surface area contributed by atoms with Crippen molar-refractivity contribution >= 4 is 34.5 Å². The van der Waals surface area contributed by atoms with Crippen LogP contribution in [0.15, 0.2) is 63.8 Å². The molecule has 1 aliphatic heterocycles. The number of hydrogen-bond donors (Lipinski definition) is 1. The van der Waals surface area contributed by atoms with Crippen LogP contribution >= 0.6 is 11.8 Å². The van der Waals surface area contributed by atoms with Gasteiger partial charge in [-0.05, 0) is 56.3 Å². The summed E-state index contributed by atoms with van der Waals surface area (Å²) in [5, 5.41) is 11.1. The highest BCUT2D eigenvalue weighted by Crippen LogP contribution is 2.40. The van der Waals surface area contributed by atoms with E-state index in [0.29, 0.717) is 22.2 Å². The number of esters is 1. The average Bonchev–Trinajstić information content (AvgIpc) is 3.21. The van der Waals surface area contributed by atoms with E-state index in [1.54, 1.807) is 19.1 Å². The molecule has 0 amide bonds. The van der Waals surface area contributed by atoms with Gasteiger partial charge < -0.3 is 19.1 Å². The first-order chi connectivity index (χ1) is 13.5. The van der Waals surface area contributed by atoms with E-state index in [-0.39, 0.29) is 17.9 Å². The number of thioether (sulfide) groups is 1. The number of hydrogen-bond acceptors (Lipinski definition) is 6. The van der Waals surface area contributed by atoms with E-state index in [1.807, 2.05) is 55.1 Å². The summed E-state index contributed by atoms with van der Waals surface area (Å²) < 4.78 is 12.5. The van der Waals surface area contributed by atoms with Crippen LogP contribution in [0, 0.1) is 0 Å². The van der Waals surface area contributed by atoms with Crippen LogP contribution in [0.1, 0.15) is 19.5 Å². The van der Waals surface area contributed by atoms with Gasteiger partial charge in [0.1, 0.15) is 22.1 Å². The zero-order valence-electron chi connectivity index (χ0n) is 16.0. The van der Waals surface area contributed by atoms with Crippen molar-refractivity contribution < 1.29 is 19.4 Å². The number of rotatable bonds is 6. The van der Waals surface area contributed by atoms with E-state index in [1.165, 1.54) is 11.8 Å². The average molecular weight is 398 g/mol. The van der Waals surface area contributed by atoms with Crippen LogP contribution in [0.2, 0.25) is 0 Å². The van der Waals surface area contributed by atoms with Gasteiger partial charge in [-0.1, -0.05) is 11.8 Å². The third-order valence-corrected chi connectivity index (χ3v) is 5.03. The Morgan fingerprint density at radius 1 is 1.21 bits per heavy atom. The molecule has 2 aromatic rings. The molecule has 3 rings (SSSR count). The zero-order chi connectivity index (χ0) is 20.1. The van der Waals surface area contributed by atoms with Crippen molar-refractivity contribution in [3.05, 3.63) is 64.5 Å². The third kappa shape index (κ3) is 4.31. The number of aliphatic hydroxyl groups is 1. The van der Waals surface area contributed by atoms with Crippen LogP contribution in [0.4, 0.5) is 5.69 Å². The number of aliphatic hydroxyl groups excluding tert-OH is 1. The van der Waals surface area contributed by atoms with Gasteiger partial charge in [-0.2, -0.15) is 0 Å². The second-order valence-electron chi connectivity index (χ2n) is 5.94. The molecule has 0 bridgehead atoms. The number of nitrogens with zero attached hydrogens (tertiary/aromatic N) is 2. The van der Waals surface area contributed by atoms with Crippen molar-refractivity contribution in [3.8, 4) is 5.75 Å². The van der Waals surface area contributed by atoms with Crippen LogP contribution in [0.3, 0.4) is 0 Å². The monoisotopic (exact) mass is 398 g/mol. The fraction of sp³-hybridized carbons (Fsp3) is 0.238. The molecule has 0 atom stereocenters. The Kier molecular flexibility index (Phi) is 6.26. The predicted octanol–water partition coefficient (Wildman–Crippen LogP) is 4.62. The molecule has 0 saturated heterocycles. The number of carbonyl (C=O) groups excluding carboxylic acids is 1. The maximum absolute atomic E-state index is 12.4. The number of aryl methyl sites for hydroxylation is 1. The van der Waals surface area contributed by atoms with Gasteiger partial charge in [0, 0.05) is 18.9 Å². The minimum atomic E-state index is -0.590. The second kappa shape index (κ2) is 8.84. The Hall–Kier alpha value is -2.93. The van der Waals surface area contributed by atoms with Crippen molar-refractivity contribution in [2.24, 2.45) is 12.0 Å². The van der Waals surface area contributed by atoms with Gasteiger partial charge in [0.2, 0.25) is 0 Å². The number of ether oxygens (including phenoxy) is 2. The lowest BCUT2D eigenvalue weighted by molar-refractivity contribution is -0.138. The van der Waals surface area contributed by atoms with E-state index in [0.717, 1.165) is 11.4 Å². The van der Waals surface area contributed by atoms with Crippen LogP contribution in [0.25, 0.3) is 6.08 Å². The predicted molar refractivity (Wildman–Crippen MR) is 112 cm³/mol. The molecule has 6 nitrogen and oxygen atoms in total. The van der Waals surface area contributed by atoms with Crippen LogP contribution < -0.4 is 4.74 Å². The summed E-state index contributed by atoms with van der Waals surface area (Å²) in [4.78, 5) is 17.5. The van der Waals surface area contributed by atoms with Crippen LogP contribution in [-0.2, 0) is 16.6 Å². The number of aromatic nitrogens is 1. The molecule has 0 radical (unpaired) electrons. The van der Waals surface area contributed by atoms with Gasteiger partial charge in [0.05, 0.1) is 23.8 Å². The van der Waals surface area contributed by atoms with Gasteiger partial charge in [0.15, 0.2) is 0 Å². The number of aliphatic imine (C=N–C) groups is 1. The lowest BCUT2D eigenvalue weighted by Crippen LogP contribution is -2.12. The van der Waals surface area contributed by atoms with Crippen molar-refractivity contribution in [1.82, 2.24) is 4.57 Å².